The van der Waals surface area contributed by atoms with Gasteiger partial charge < -0.3 is 25.4 Å². The molecule has 0 bridgehead atoms. The average molecular weight is 701 g/mol. The molecule has 0 aliphatic carbocycles. The van der Waals surface area contributed by atoms with Gasteiger partial charge in [-0.05, 0) is 57.9 Å². The fourth-order valence-electron chi connectivity index (χ4n) is 4.19. The number of hydrogen-bond acceptors (Lipinski definition) is 10. The first-order valence-corrected chi connectivity index (χ1v) is 13.9. The smallest absolute Gasteiger partial charge is 0.484 e. The summed E-state index contributed by atoms with van der Waals surface area (Å²) >= 11 is 0. The van der Waals surface area contributed by atoms with E-state index in [-0.39, 0.29) is 17.6 Å². The predicted octanol–water partition coefficient (Wildman–Crippen LogP) is 6.20. The van der Waals surface area contributed by atoms with Crippen molar-refractivity contribution in [2.24, 2.45) is 17.4 Å². The summed E-state index contributed by atoms with van der Waals surface area (Å²) in [5, 5.41) is 0.333. The van der Waals surface area contributed by atoms with E-state index in [0.29, 0.717) is 10.9 Å². The van der Waals surface area contributed by atoms with Crippen LogP contribution in [0.1, 0.15) is 34.1 Å². The third-order valence-corrected chi connectivity index (χ3v) is 6.27. The number of carbonyl (C=O) groups excluding carboxylic acids is 1. The summed E-state index contributed by atoms with van der Waals surface area (Å²) in [4.78, 5) is 24.8. The lowest BCUT2D eigenvalue weighted by molar-refractivity contribution is -0.574. The van der Waals surface area contributed by atoms with Gasteiger partial charge in [0.05, 0.1) is 11.5 Å². The Morgan fingerprint density at radius 1 is 0.792 bits per heavy atom. The van der Waals surface area contributed by atoms with E-state index in [4.69, 9.17) is 15.9 Å². The number of hydrogen-bond donors (Lipinski definition) is 2. The van der Waals surface area contributed by atoms with Gasteiger partial charge in [-0.1, -0.05) is 30.3 Å². The summed E-state index contributed by atoms with van der Waals surface area (Å²) in [7, 11) is 0. The third-order valence-electron chi connectivity index (χ3n) is 6.27. The van der Waals surface area contributed by atoms with Crippen molar-refractivity contribution in [3.05, 3.63) is 65.0 Å². The maximum Gasteiger partial charge on any atom is 0.496 e. The van der Waals surface area contributed by atoms with Gasteiger partial charge in [0.1, 0.15) is 11.3 Å². The molecule has 3 aromatic rings. The van der Waals surface area contributed by atoms with Gasteiger partial charge in [0.15, 0.2) is 13.2 Å². The molecule has 1 aromatic heterocycles. The van der Waals surface area contributed by atoms with Crippen LogP contribution in [0.5, 0.6) is 5.75 Å². The molecule has 0 amide bonds. The Morgan fingerprint density at radius 2 is 1.35 bits per heavy atom. The van der Waals surface area contributed by atoms with Crippen LogP contribution in [0, 0.1) is 5.92 Å². The molecule has 4 N–H and O–H groups in total. The van der Waals surface area contributed by atoms with Crippen molar-refractivity contribution in [3.63, 3.8) is 0 Å². The molecule has 10 nitrogen and oxygen atoms in total. The van der Waals surface area contributed by atoms with Crippen LogP contribution in [0.4, 0.5) is 35.1 Å². The van der Waals surface area contributed by atoms with Gasteiger partial charge in [0.2, 0.25) is 0 Å². The third kappa shape index (κ3) is 11.7. The normalized spacial score (nSPS) is 14.2. The topological polar surface area (TPSA) is 145 Å². The summed E-state index contributed by atoms with van der Waals surface area (Å²) < 4.78 is 135. The van der Waals surface area contributed by atoms with E-state index in [9.17, 15) is 44.7 Å². The van der Waals surface area contributed by atoms with Crippen molar-refractivity contribution < 1.29 is 68.0 Å². The number of rotatable bonds is 16. The van der Waals surface area contributed by atoms with Crippen molar-refractivity contribution in [2.45, 2.75) is 70.0 Å². The van der Waals surface area contributed by atoms with Gasteiger partial charge in [0, 0.05) is 22.5 Å². The molecular formula is C30H32F8N2O8. The Bertz CT molecular complexity index is 1620. The highest BCUT2D eigenvalue weighted by atomic mass is 19.3. The van der Waals surface area contributed by atoms with Gasteiger partial charge in [0.25, 0.3) is 0 Å². The molecule has 0 fully saturated rings. The molecule has 0 radical (unpaired) electrons. The van der Waals surface area contributed by atoms with Crippen LogP contribution < -0.4 is 21.8 Å². The molecule has 2 aromatic carbocycles. The van der Waals surface area contributed by atoms with E-state index in [2.05, 4.69) is 23.7 Å². The van der Waals surface area contributed by atoms with Gasteiger partial charge in [-0.15, -0.1) is 17.6 Å². The first-order chi connectivity index (χ1) is 21.8. The molecule has 0 spiro atoms. The van der Waals surface area contributed by atoms with Crippen LogP contribution in [-0.2, 0) is 23.7 Å². The highest BCUT2D eigenvalue weighted by molar-refractivity contribution is 5.82. The lowest BCUT2D eigenvalue weighted by Crippen LogP contribution is -2.51. The lowest BCUT2D eigenvalue weighted by atomic mass is 9.80. The minimum absolute atomic E-state index is 0.135. The van der Waals surface area contributed by atoms with E-state index >= 15 is 0 Å². The lowest BCUT2D eigenvalue weighted by Gasteiger charge is -2.34. The quantitative estimate of drug-likeness (QED) is 0.0767. The van der Waals surface area contributed by atoms with Gasteiger partial charge >= 0.3 is 36.4 Å². The first-order valence-electron chi connectivity index (χ1n) is 13.9. The summed E-state index contributed by atoms with van der Waals surface area (Å²) in [6, 6.07) is 13.2. The van der Waals surface area contributed by atoms with Crippen LogP contribution in [0.2, 0.25) is 0 Å². The maximum absolute atomic E-state index is 14.1. The molecule has 18 heteroatoms. The van der Waals surface area contributed by atoms with Crippen LogP contribution >= 0.6 is 0 Å². The number of nitrogens with two attached hydrogens (primary N) is 2. The molecular weight excluding hydrogens is 668 g/mol. The highest BCUT2D eigenvalue weighted by Crippen LogP contribution is 2.37. The zero-order valence-corrected chi connectivity index (χ0v) is 25.8. The fourth-order valence-corrected chi connectivity index (χ4v) is 4.19. The number of fused-ring (bicyclic) bond motifs is 1. The van der Waals surface area contributed by atoms with E-state index in [0.717, 1.165) is 12.1 Å². The molecule has 1 unspecified atom stereocenters. The summed E-state index contributed by atoms with van der Waals surface area (Å²) in [6.45, 7) is 1.40. The first kappa shape index (κ1) is 38.6. The minimum atomic E-state index is -5.96. The number of esters is 1. The van der Waals surface area contributed by atoms with Gasteiger partial charge in [-0.3, -0.25) is 4.79 Å². The van der Waals surface area contributed by atoms with Crippen molar-refractivity contribution in [1.29, 1.82) is 0 Å². The molecule has 1 atom stereocenters. The summed E-state index contributed by atoms with van der Waals surface area (Å²) in [5.41, 5.74) is 9.06. The number of halogens is 8. The summed E-state index contributed by atoms with van der Waals surface area (Å²) in [6.07, 6.45) is -22.3. The molecule has 0 saturated carbocycles. The molecule has 0 saturated heterocycles. The van der Waals surface area contributed by atoms with Crippen molar-refractivity contribution in [2.75, 3.05) is 13.2 Å². The molecule has 48 heavy (non-hydrogen) atoms. The monoisotopic (exact) mass is 700 g/mol. The number of carbonyl (C=O) groups is 1. The Morgan fingerprint density at radius 3 is 1.90 bits per heavy atom. The number of benzene rings is 2. The summed E-state index contributed by atoms with van der Waals surface area (Å²) in [5.74, 6) is -3.15. The highest BCUT2D eigenvalue weighted by Gasteiger charge is 2.57. The van der Waals surface area contributed by atoms with Crippen molar-refractivity contribution >= 4 is 16.9 Å². The molecule has 1 heterocycles. The van der Waals surface area contributed by atoms with Gasteiger partial charge in [-0.25, -0.2) is 19.0 Å². The Labute approximate surface area is 267 Å². The van der Waals surface area contributed by atoms with Crippen LogP contribution in [-0.4, -0.2) is 55.1 Å². The zero-order valence-electron chi connectivity index (χ0n) is 25.8. The second kappa shape index (κ2) is 13.9. The average Bonchev–Trinajstić information content (AvgIpc) is 2.90. The molecule has 3 rings (SSSR count). The van der Waals surface area contributed by atoms with E-state index in [1.165, 1.54) is 39.8 Å². The van der Waals surface area contributed by atoms with Crippen LogP contribution in [0.15, 0.2) is 63.8 Å². The maximum atomic E-state index is 14.1. The Balaban J connectivity index is 1.60. The molecule has 0 aliphatic heterocycles. The molecule has 0 aliphatic rings. The van der Waals surface area contributed by atoms with E-state index in [1.807, 2.05) is 0 Å². The SMILES string of the molecule is CC(C)(N)CC(C(=O)OCC(F)(F)OC(F)(F)OC(F)(F)OC(F)(F)COc1ccc2cc(-c3ccccc3)c(=O)oc2c1)C(C)(C)N. The predicted molar refractivity (Wildman–Crippen MR) is 152 cm³/mol. The van der Waals surface area contributed by atoms with Crippen LogP contribution in [0.25, 0.3) is 22.1 Å². The van der Waals surface area contributed by atoms with E-state index in [1.54, 1.807) is 30.3 Å². The largest absolute Gasteiger partial charge is 0.496 e. The number of ether oxygens (including phenoxy) is 5. The second-order valence-electron chi connectivity index (χ2n) is 12.0. The van der Waals surface area contributed by atoms with Crippen molar-refractivity contribution in [3.8, 4) is 16.9 Å². The number of alkyl halides is 8. The Hall–Kier alpha value is -3.84. The standard InChI is InChI=1S/C30H32F8N2O8/c1-25(2,39)14-21(26(3,4)40)24(42)44-16-28(33,34)47-30(37,38)48-29(35,36)46-27(31,32)15-43-19-11-10-18-12-20(17-8-6-5-7-9-17)23(41)45-22(18)13-19/h5-13,21H,14-16,39-40H2,1-4H3. The Kier molecular flexibility index (Phi) is 11.2. The zero-order chi connectivity index (χ0) is 36.3. The van der Waals surface area contributed by atoms with E-state index < -0.39 is 72.4 Å². The molecule has 266 valence electrons. The second-order valence-corrected chi connectivity index (χ2v) is 12.0. The minimum Gasteiger partial charge on any atom is -0.484 e. The van der Waals surface area contributed by atoms with Crippen LogP contribution in [0.3, 0.4) is 0 Å². The fraction of sp³-hybridized carbons (Fsp3) is 0.467. The van der Waals surface area contributed by atoms with Crippen molar-refractivity contribution in [1.82, 2.24) is 0 Å². The van der Waals surface area contributed by atoms with Gasteiger partial charge in [-0.2, -0.15) is 17.6 Å².